The van der Waals surface area contributed by atoms with Crippen molar-refractivity contribution in [2.75, 3.05) is 25.4 Å². The monoisotopic (exact) mass is 386 g/mol. The SMILES string of the molecule is Nc1ccc(C2CNCCO2)c(F)c1.O=Cc1cccc(Cl)c1OCl. The Hall–Kier alpha value is -1.86. The lowest BCUT2D eigenvalue weighted by Crippen LogP contribution is -2.33. The molecule has 5 nitrogen and oxygen atoms in total. The van der Waals surface area contributed by atoms with E-state index in [-0.39, 0.29) is 17.7 Å². The Morgan fingerprint density at radius 3 is 2.72 bits per heavy atom. The minimum absolute atomic E-state index is 0.190. The molecule has 2 aromatic carbocycles. The smallest absolute Gasteiger partial charge is 0.175 e. The minimum atomic E-state index is -0.293. The van der Waals surface area contributed by atoms with Crippen LogP contribution in [0.1, 0.15) is 22.0 Å². The number of hydrogen-bond acceptors (Lipinski definition) is 5. The quantitative estimate of drug-likeness (QED) is 0.620. The van der Waals surface area contributed by atoms with Gasteiger partial charge in [-0.2, -0.15) is 0 Å². The van der Waals surface area contributed by atoms with Gasteiger partial charge in [-0.3, -0.25) is 4.79 Å². The summed E-state index contributed by atoms with van der Waals surface area (Å²) in [6, 6.07) is 9.50. The number of hydrogen-bond donors (Lipinski definition) is 2. The van der Waals surface area contributed by atoms with E-state index in [2.05, 4.69) is 9.61 Å². The lowest BCUT2D eigenvalue weighted by molar-refractivity contribution is 0.0255. The van der Waals surface area contributed by atoms with Crippen LogP contribution >= 0.6 is 23.5 Å². The van der Waals surface area contributed by atoms with Gasteiger partial charge >= 0.3 is 0 Å². The summed E-state index contributed by atoms with van der Waals surface area (Å²) in [5, 5.41) is 3.48. The summed E-state index contributed by atoms with van der Waals surface area (Å²) < 4.78 is 23.3. The molecule has 0 saturated carbocycles. The van der Waals surface area contributed by atoms with E-state index in [0.29, 0.717) is 41.3 Å². The molecule has 1 saturated heterocycles. The van der Waals surface area contributed by atoms with Crippen LogP contribution in [0.4, 0.5) is 10.1 Å². The highest BCUT2D eigenvalue weighted by Crippen LogP contribution is 2.28. The number of halogens is 3. The fraction of sp³-hybridized carbons (Fsp3) is 0.235. The number of rotatable bonds is 3. The van der Waals surface area contributed by atoms with Gasteiger partial charge in [-0.15, -0.1) is 0 Å². The zero-order valence-electron chi connectivity index (χ0n) is 13.2. The maximum atomic E-state index is 13.4. The molecule has 1 atom stereocenters. The second-order valence-corrected chi connectivity index (χ2v) is 5.76. The normalized spacial score (nSPS) is 16.5. The maximum absolute atomic E-state index is 13.4. The molecule has 0 aliphatic carbocycles. The van der Waals surface area contributed by atoms with Crippen LogP contribution in [0.25, 0.3) is 0 Å². The molecule has 0 amide bonds. The van der Waals surface area contributed by atoms with Gasteiger partial charge in [-0.25, -0.2) is 4.39 Å². The third-order valence-corrected chi connectivity index (χ3v) is 3.95. The van der Waals surface area contributed by atoms with Gasteiger partial charge < -0.3 is 20.1 Å². The molecular formula is C17H17Cl2FN2O3. The summed E-state index contributed by atoms with van der Waals surface area (Å²) in [5.41, 5.74) is 6.82. The molecule has 3 rings (SSSR count). The van der Waals surface area contributed by atoms with Crippen molar-refractivity contribution < 1.29 is 18.2 Å². The molecule has 25 heavy (non-hydrogen) atoms. The Balaban J connectivity index is 0.000000186. The molecule has 8 heteroatoms. The molecule has 134 valence electrons. The Labute approximate surface area is 155 Å². The lowest BCUT2D eigenvalue weighted by atomic mass is 10.1. The van der Waals surface area contributed by atoms with Crippen molar-refractivity contribution in [3.63, 3.8) is 0 Å². The average molecular weight is 387 g/mol. The lowest BCUT2D eigenvalue weighted by Gasteiger charge is -2.24. The standard InChI is InChI=1S/C10H13FN2O.C7H4Cl2O2/c11-9-5-7(12)1-2-8(9)10-6-13-3-4-14-10;8-6-3-1-2-5(4-10)7(6)11-9/h1-2,5,10,13H,3-4,6,12H2;1-4H. The van der Waals surface area contributed by atoms with Crippen molar-refractivity contribution in [1.82, 2.24) is 5.32 Å². The van der Waals surface area contributed by atoms with E-state index in [4.69, 9.17) is 33.9 Å². The molecule has 0 radical (unpaired) electrons. The molecule has 2 aromatic rings. The first kappa shape index (κ1) is 19.5. The first-order valence-corrected chi connectivity index (χ1v) is 8.15. The van der Waals surface area contributed by atoms with Crippen LogP contribution in [0.15, 0.2) is 36.4 Å². The van der Waals surface area contributed by atoms with E-state index in [1.807, 2.05) is 0 Å². The van der Waals surface area contributed by atoms with Crippen molar-refractivity contribution in [2.45, 2.75) is 6.10 Å². The van der Waals surface area contributed by atoms with E-state index in [1.54, 1.807) is 30.3 Å². The van der Waals surface area contributed by atoms with Crippen LogP contribution in [0.2, 0.25) is 5.02 Å². The maximum Gasteiger partial charge on any atom is 0.175 e. The van der Waals surface area contributed by atoms with E-state index in [0.717, 1.165) is 6.54 Å². The minimum Gasteiger partial charge on any atom is -0.399 e. The highest BCUT2D eigenvalue weighted by atomic mass is 35.5. The van der Waals surface area contributed by atoms with Crippen molar-refractivity contribution in [3.05, 3.63) is 58.4 Å². The largest absolute Gasteiger partial charge is 0.399 e. The number of para-hydroxylation sites is 1. The third-order valence-electron chi connectivity index (χ3n) is 3.50. The van der Waals surface area contributed by atoms with Gasteiger partial charge in [0.15, 0.2) is 12.0 Å². The Kier molecular flexibility index (Phi) is 7.46. The van der Waals surface area contributed by atoms with Gasteiger partial charge in [0.1, 0.15) is 17.7 Å². The van der Waals surface area contributed by atoms with Gasteiger partial charge in [0, 0.05) is 24.3 Å². The Morgan fingerprint density at radius 1 is 1.36 bits per heavy atom. The number of nitrogens with one attached hydrogen (secondary N) is 1. The number of nitrogen functional groups attached to an aromatic ring is 1. The van der Waals surface area contributed by atoms with Gasteiger partial charge in [0.2, 0.25) is 0 Å². The molecular weight excluding hydrogens is 370 g/mol. The van der Waals surface area contributed by atoms with Crippen LogP contribution in [-0.2, 0) is 4.74 Å². The van der Waals surface area contributed by atoms with Crippen LogP contribution in [0.5, 0.6) is 5.75 Å². The predicted octanol–water partition coefficient (Wildman–Crippen LogP) is 3.75. The first-order chi connectivity index (χ1) is 12.1. The van der Waals surface area contributed by atoms with Gasteiger partial charge in [0.25, 0.3) is 0 Å². The number of morpholine rings is 1. The molecule has 1 aliphatic rings. The molecule has 1 heterocycles. The van der Waals surface area contributed by atoms with E-state index >= 15 is 0 Å². The fourth-order valence-electron chi connectivity index (χ4n) is 2.27. The van der Waals surface area contributed by atoms with Crippen molar-refractivity contribution in [3.8, 4) is 5.75 Å². The van der Waals surface area contributed by atoms with Gasteiger partial charge in [0.05, 0.1) is 23.3 Å². The number of anilines is 1. The summed E-state index contributed by atoms with van der Waals surface area (Å²) >= 11 is 10.7. The molecule has 0 aromatic heterocycles. The number of nitrogens with two attached hydrogens (primary N) is 1. The van der Waals surface area contributed by atoms with Crippen LogP contribution in [0.3, 0.4) is 0 Å². The van der Waals surface area contributed by atoms with Crippen LogP contribution in [0, 0.1) is 5.82 Å². The van der Waals surface area contributed by atoms with Gasteiger partial charge in [-0.1, -0.05) is 23.7 Å². The fourth-order valence-corrected chi connectivity index (χ4v) is 2.70. The third kappa shape index (κ3) is 5.31. The van der Waals surface area contributed by atoms with E-state index < -0.39 is 0 Å². The highest BCUT2D eigenvalue weighted by molar-refractivity contribution is 6.33. The number of aldehydes is 1. The van der Waals surface area contributed by atoms with E-state index in [1.165, 1.54) is 6.07 Å². The molecule has 1 unspecified atom stereocenters. The summed E-state index contributed by atoms with van der Waals surface area (Å²) in [4.78, 5) is 10.3. The summed E-state index contributed by atoms with van der Waals surface area (Å²) in [7, 11) is 0. The second kappa shape index (κ2) is 9.58. The average Bonchev–Trinajstić information content (AvgIpc) is 2.62. The summed E-state index contributed by atoms with van der Waals surface area (Å²) in [5.74, 6) is -0.0930. The summed E-state index contributed by atoms with van der Waals surface area (Å²) in [6.07, 6.45) is 0.438. The number of carbonyl (C=O) groups excluding carboxylic acids is 1. The molecule has 1 aliphatic heterocycles. The molecule has 0 bridgehead atoms. The molecule has 0 spiro atoms. The Bertz CT molecular complexity index is 725. The molecule has 3 N–H and O–H groups in total. The Morgan fingerprint density at radius 2 is 2.16 bits per heavy atom. The van der Waals surface area contributed by atoms with Crippen molar-refractivity contribution in [2.24, 2.45) is 0 Å². The first-order valence-electron chi connectivity index (χ1n) is 7.46. The topological polar surface area (TPSA) is 73.6 Å². The van der Waals surface area contributed by atoms with Crippen molar-refractivity contribution >= 4 is 35.4 Å². The molecule has 1 fully saturated rings. The van der Waals surface area contributed by atoms with E-state index in [9.17, 15) is 9.18 Å². The van der Waals surface area contributed by atoms with Crippen LogP contribution in [-0.4, -0.2) is 26.0 Å². The number of ether oxygens (including phenoxy) is 1. The van der Waals surface area contributed by atoms with Gasteiger partial charge in [-0.05, 0) is 24.3 Å². The zero-order valence-corrected chi connectivity index (χ0v) is 14.7. The number of benzene rings is 2. The highest BCUT2D eigenvalue weighted by Gasteiger charge is 2.18. The number of carbonyl (C=O) groups is 1. The zero-order chi connectivity index (χ0) is 18.2. The summed E-state index contributed by atoms with van der Waals surface area (Å²) in [6.45, 7) is 2.10. The van der Waals surface area contributed by atoms with Crippen LogP contribution < -0.4 is 15.3 Å². The van der Waals surface area contributed by atoms with Crippen molar-refractivity contribution in [1.29, 1.82) is 0 Å². The second-order valence-electron chi connectivity index (χ2n) is 5.20. The predicted molar refractivity (Wildman–Crippen MR) is 95.7 cm³/mol.